The molecule has 29 N–H and O–H groups in total. The number of ether oxygens (including phenoxy) is 1. The number of aromatic hydroxyl groups is 1. The van der Waals surface area contributed by atoms with Crippen molar-refractivity contribution in [2.75, 3.05) is 45.9 Å². The SMILES string of the molecule is CC(C)[C@H](NC(=O)[C@@H]1Cc2ccccc2CN1C(=O)[C@H](CCCNC(=N)N)NC(=O)[C@H](CCCCN)NC(=O)[C@H](CO)NC(=O)[C@H](CCCNC(=N)N)NC(=O)[C@H](CCC(=O)O)NC(=O)[C@H](CCCCN)NC(=O)[C@@H](Cc1ccc(O)cc1)NC(=O)OCC1c2ccccc2-c2ccccc21)C(=O)N[C@@H](CCCCN)C(=O)N[C@@H](CC(=O)O)C(=O)O. The summed E-state index contributed by atoms with van der Waals surface area (Å²) in [7, 11) is 0. The number of phenols is 1. The molecule has 40 nitrogen and oxygen atoms in total. The maximum absolute atomic E-state index is 15.4. The Hall–Kier alpha value is -12.6. The number of rotatable bonds is 52. The summed E-state index contributed by atoms with van der Waals surface area (Å²) >= 11 is 0. The lowest BCUT2D eigenvalue weighted by Gasteiger charge is -2.39. The van der Waals surface area contributed by atoms with E-state index in [1.54, 1.807) is 38.1 Å². The fourth-order valence-electron chi connectivity index (χ4n) is 14.0. The van der Waals surface area contributed by atoms with Crippen LogP contribution in [0.2, 0.25) is 0 Å². The molecule has 11 amide bonds. The van der Waals surface area contributed by atoms with Crippen molar-refractivity contribution in [2.24, 2.45) is 34.6 Å². The first-order chi connectivity index (χ1) is 57.8. The molecule has 4 aromatic rings. The van der Waals surface area contributed by atoms with Gasteiger partial charge in [0.1, 0.15) is 78.8 Å². The number of unbranched alkanes of at least 4 members (excludes halogenated alkanes) is 3. The predicted molar refractivity (Wildman–Crippen MR) is 441 cm³/mol. The van der Waals surface area contributed by atoms with Crippen molar-refractivity contribution in [2.45, 2.75) is 208 Å². The molecule has 0 fully saturated rings. The van der Waals surface area contributed by atoms with Gasteiger partial charge in [0, 0.05) is 44.8 Å². The summed E-state index contributed by atoms with van der Waals surface area (Å²) in [6, 6.07) is 10.3. The molecule has 11 atom stereocenters. The summed E-state index contributed by atoms with van der Waals surface area (Å²) in [4.78, 5) is 197. The number of carbonyl (C=O) groups excluding carboxylic acids is 11. The Kier molecular flexibility index (Phi) is 40.0. The van der Waals surface area contributed by atoms with Gasteiger partial charge in [0.05, 0.1) is 13.0 Å². The molecular formula is C81H116N20O20. The number of nitrogens with one attached hydrogen (secondary N) is 14. The first-order valence-electron chi connectivity index (χ1n) is 40.3. The minimum absolute atomic E-state index is 0.00910. The van der Waals surface area contributed by atoms with E-state index < -0.39 is 193 Å². The number of aliphatic carboxylic acids is 3. The second-order valence-corrected chi connectivity index (χ2v) is 29.9. The molecule has 0 saturated heterocycles. The predicted octanol–water partition coefficient (Wildman–Crippen LogP) is -1.86. The summed E-state index contributed by atoms with van der Waals surface area (Å²) in [5, 5.41) is 96.0. The van der Waals surface area contributed by atoms with E-state index >= 15 is 4.79 Å². The molecule has 40 heteroatoms. The zero-order chi connectivity index (χ0) is 88.8. The number of nitrogens with two attached hydrogens (primary N) is 5. The van der Waals surface area contributed by atoms with Crippen molar-refractivity contribution < 1.29 is 97.4 Å². The molecule has 121 heavy (non-hydrogen) atoms. The number of guanidine groups is 2. The third-order valence-electron chi connectivity index (χ3n) is 20.5. The minimum atomic E-state index is -1.92. The molecule has 6 rings (SSSR count). The van der Waals surface area contributed by atoms with Crippen LogP contribution in [0.5, 0.6) is 5.75 Å². The number of carbonyl (C=O) groups is 14. The Balaban J connectivity index is 1.23. The molecule has 2 aliphatic rings. The number of nitrogens with zero attached hydrogens (tertiary/aromatic N) is 1. The number of fused-ring (bicyclic) bond motifs is 4. The molecule has 0 aromatic heterocycles. The zero-order valence-electron chi connectivity index (χ0n) is 67.8. The number of carboxylic acid groups (broad SMARTS) is 3. The van der Waals surface area contributed by atoms with Crippen LogP contribution in [-0.2, 0) is 86.5 Å². The molecule has 0 spiro atoms. The van der Waals surface area contributed by atoms with Crippen LogP contribution in [0.1, 0.15) is 150 Å². The largest absolute Gasteiger partial charge is 0.508 e. The number of carboxylic acids is 3. The van der Waals surface area contributed by atoms with E-state index in [4.69, 9.17) is 44.2 Å². The molecule has 1 aliphatic heterocycles. The highest BCUT2D eigenvalue weighted by molar-refractivity contribution is 6.00. The van der Waals surface area contributed by atoms with Gasteiger partial charge in [0.2, 0.25) is 59.1 Å². The average Bonchev–Trinajstić information content (AvgIpc) is 1.69. The molecule has 4 aromatic carbocycles. The van der Waals surface area contributed by atoms with Gasteiger partial charge in [0.15, 0.2) is 11.9 Å². The van der Waals surface area contributed by atoms with Gasteiger partial charge in [-0.05, 0) is 167 Å². The van der Waals surface area contributed by atoms with Gasteiger partial charge < -0.3 is 128 Å². The lowest BCUT2D eigenvalue weighted by Crippen LogP contribution is -2.62. The normalized spacial score (nSPS) is 15.1. The van der Waals surface area contributed by atoms with E-state index in [-0.39, 0.29) is 135 Å². The van der Waals surface area contributed by atoms with E-state index in [2.05, 4.69) is 63.8 Å². The first kappa shape index (κ1) is 97.3. The van der Waals surface area contributed by atoms with Crippen LogP contribution in [0, 0.1) is 16.7 Å². The van der Waals surface area contributed by atoms with Gasteiger partial charge in [-0.3, -0.25) is 68.4 Å². The number of hydrogen-bond donors (Lipinski definition) is 24. The number of aliphatic hydroxyl groups is 1. The first-order valence-corrected chi connectivity index (χ1v) is 40.3. The van der Waals surface area contributed by atoms with Gasteiger partial charge in [-0.1, -0.05) is 98.8 Å². The Morgan fingerprint density at radius 2 is 0.884 bits per heavy atom. The molecule has 0 bridgehead atoms. The van der Waals surface area contributed by atoms with Gasteiger partial charge in [-0.2, -0.15) is 0 Å². The van der Waals surface area contributed by atoms with E-state index in [0.717, 1.165) is 22.3 Å². The number of amides is 11. The monoisotopic (exact) mass is 1690 g/mol. The Bertz CT molecular complexity index is 4200. The van der Waals surface area contributed by atoms with Gasteiger partial charge in [-0.25, -0.2) is 9.59 Å². The quantitative estimate of drug-likeness (QED) is 0.0131. The molecule has 660 valence electrons. The highest BCUT2D eigenvalue weighted by Gasteiger charge is 2.42. The summed E-state index contributed by atoms with van der Waals surface area (Å²) in [5.41, 5.74) is 34.0. The number of hydrogen-bond acceptors (Lipinski definition) is 22. The molecule has 0 saturated carbocycles. The second-order valence-electron chi connectivity index (χ2n) is 29.9. The van der Waals surface area contributed by atoms with E-state index in [9.17, 15) is 87.9 Å². The number of aliphatic hydroxyl groups excluding tert-OH is 1. The van der Waals surface area contributed by atoms with E-state index in [1.807, 2.05) is 48.5 Å². The van der Waals surface area contributed by atoms with Crippen molar-refractivity contribution in [1.82, 2.24) is 68.7 Å². The maximum atomic E-state index is 15.4. The van der Waals surface area contributed by atoms with Crippen LogP contribution in [0.4, 0.5) is 4.79 Å². The average molecular weight is 1690 g/mol. The summed E-state index contributed by atoms with van der Waals surface area (Å²) in [5.74, 6) is -16.6. The van der Waals surface area contributed by atoms with Gasteiger partial charge >= 0.3 is 24.0 Å². The molecule has 1 heterocycles. The van der Waals surface area contributed by atoms with Crippen molar-refractivity contribution in [1.29, 1.82) is 10.8 Å². The van der Waals surface area contributed by atoms with E-state index in [1.165, 1.54) is 29.2 Å². The van der Waals surface area contributed by atoms with Crippen molar-refractivity contribution in [3.8, 4) is 16.9 Å². The maximum Gasteiger partial charge on any atom is 0.407 e. The lowest BCUT2D eigenvalue weighted by molar-refractivity contribution is -0.147. The van der Waals surface area contributed by atoms with Crippen LogP contribution in [0.3, 0.4) is 0 Å². The fourth-order valence-corrected chi connectivity index (χ4v) is 14.0. The van der Waals surface area contributed by atoms with Crippen LogP contribution < -0.4 is 92.5 Å². The number of phenolic OH excluding ortho intramolecular Hbond substituents is 1. The summed E-state index contributed by atoms with van der Waals surface area (Å²) in [6.45, 7) is 2.04. The number of alkyl carbamates (subject to hydrolysis) is 1. The highest BCUT2D eigenvalue weighted by atomic mass is 16.5. The van der Waals surface area contributed by atoms with Crippen molar-refractivity contribution in [3.63, 3.8) is 0 Å². The lowest BCUT2D eigenvalue weighted by atomic mass is 9.91. The Labute approximate surface area is 699 Å². The summed E-state index contributed by atoms with van der Waals surface area (Å²) < 4.78 is 5.80. The standard InChI is InChI=1S/C81H116N20O20/c1-45(2)67(76(116)95-57(25-11-14-36-84)70(110)97-62(78(118)119)41-66(106)107)100-75(115)64-40-47-17-3-4-18-48(47)42-101(64)77(117)60(27-16-38-90-80(87)88)96-69(109)56(24-10-13-35-83)93-74(114)63(43-102)98-71(111)58(26-15-37-89-79(85)86)91-72(112)59(32-33-65(104)105)94-68(108)55(23-9-12-34-82)92-73(113)61(39-46-28-30-49(103)31-29-46)99-81(120)121-44-54-52-21-7-5-19-50(52)51-20-6-8-22-53(51)54/h3-8,17-22,28-31,45,54-64,67,102-103H,9-16,23-27,32-44,82-84H2,1-2H3,(H,91,112)(H,92,113)(H,93,114)(H,94,108)(H,95,116)(H,96,109)(H,97,110)(H,98,111)(H,99,120)(H,100,115)(H,104,105)(H,106,107)(H,118,119)(H4,85,86,89)(H4,87,88,90)/t55-,56-,57-,58-,59-,60-,61+,62-,63-,64-,67-/m0/s1. The Morgan fingerprint density at radius 1 is 0.471 bits per heavy atom. The molecule has 1 aliphatic carbocycles. The molecular weight excluding hydrogens is 1570 g/mol. The molecule has 0 radical (unpaired) electrons. The third-order valence-corrected chi connectivity index (χ3v) is 20.5. The number of benzene rings is 4. The van der Waals surface area contributed by atoms with Gasteiger partial charge in [-0.15, -0.1) is 0 Å². The smallest absolute Gasteiger partial charge is 0.407 e. The third kappa shape index (κ3) is 31.3. The topological polar surface area (TPSA) is 675 Å². The second kappa shape index (κ2) is 49.7. The van der Waals surface area contributed by atoms with Gasteiger partial charge in [0.25, 0.3) is 0 Å². The van der Waals surface area contributed by atoms with E-state index in [0.29, 0.717) is 36.0 Å². The van der Waals surface area contributed by atoms with Crippen molar-refractivity contribution >= 4 is 95.0 Å². The fraction of sp³-hybridized carbons (Fsp3) is 0.506. The van der Waals surface area contributed by atoms with Crippen molar-refractivity contribution in [3.05, 3.63) is 125 Å². The van der Waals surface area contributed by atoms with Crippen LogP contribution >= 0.6 is 0 Å². The van der Waals surface area contributed by atoms with Crippen LogP contribution in [0.15, 0.2) is 97.1 Å². The van der Waals surface area contributed by atoms with Crippen LogP contribution in [-0.4, -0.2) is 238 Å². The molecule has 0 unspecified atom stereocenters. The van der Waals surface area contributed by atoms with Crippen LogP contribution in [0.25, 0.3) is 11.1 Å². The minimum Gasteiger partial charge on any atom is -0.508 e. The zero-order valence-corrected chi connectivity index (χ0v) is 67.8. The summed E-state index contributed by atoms with van der Waals surface area (Å²) in [6.07, 6.45) is -2.87. The Morgan fingerprint density at radius 3 is 1.34 bits per heavy atom. The highest BCUT2D eigenvalue weighted by Crippen LogP contribution is 2.44.